The standard InChI is InChI=1S/C16H33N5O2.HI/c1-15(2,3)19-8-7-18-13(17)20-9-11-21(12-10-20)14(22)23-16(4,5)6;/h19H,7-12H2,1-6H3,(H2,17,18);1H. The molecule has 0 atom stereocenters. The van der Waals surface area contributed by atoms with Crippen LogP contribution in [0.15, 0.2) is 4.99 Å². The number of piperazine rings is 1. The molecule has 0 bridgehead atoms. The fourth-order valence-electron chi connectivity index (χ4n) is 2.15. The van der Waals surface area contributed by atoms with Crippen LogP contribution in [0.25, 0.3) is 0 Å². The van der Waals surface area contributed by atoms with Crippen molar-refractivity contribution in [3.8, 4) is 0 Å². The monoisotopic (exact) mass is 455 g/mol. The summed E-state index contributed by atoms with van der Waals surface area (Å²) < 4.78 is 5.38. The summed E-state index contributed by atoms with van der Waals surface area (Å²) in [6, 6.07) is 0. The van der Waals surface area contributed by atoms with Crippen molar-refractivity contribution in [3.05, 3.63) is 0 Å². The fraction of sp³-hybridized carbons (Fsp3) is 0.875. The minimum Gasteiger partial charge on any atom is -0.444 e. The molecule has 8 heteroatoms. The Kier molecular flexibility index (Phi) is 9.34. The molecule has 1 aliphatic rings. The number of ether oxygens (including phenoxy) is 1. The molecular weight excluding hydrogens is 421 g/mol. The van der Waals surface area contributed by atoms with Gasteiger partial charge in [0.05, 0.1) is 6.54 Å². The van der Waals surface area contributed by atoms with Crippen LogP contribution in [0, 0.1) is 0 Å². The Morgan fingerprint density at radius 2 is 1.58 bits per heavy atom. The SMILES string of the molecule is CC(C)(C)NCCN=C(N)N1CCN(C(=O)OC(C)(C)C)CC1.I. The average Bonchev–Trinajstić information content (AvgIpc) is 2.40. The Morgan fingerprint density at radius 1 is 1.08 bits per heavy atom. The molecular formula is C16H34IN5O2. The van der Waals surface area contributed by atoms with Crippen LogP contribution in [0.5, 0.6) is 0 Å². The highest BCUT2D eigenvalue weighted by Crippen LogP contribution is 2.11. The lowest BCUT2D eigenvalue weighted by Gasteiger charge is -2.36. The molecule has 24 heavy (non-hydrogen) atoms. The first-order valence-corrected chi connectivity index (χ1v) is 8.26. The van der Waals surface area contributed by atoms with E-state index in [0.29, 0.717) is 38.7 Å². The number of nitrogens with zero attached hydrogens (tertiary/aromatic N) is 3. The molecule has 0 unspecified atom stereocenters. The summed E-state index contributed by atoms with van der Waals surface area (Å²) in [5.74, 6) is 0.546. The molecule has 0 spiro atoms. The summed E-state index contributed by atoms with van der Waals surface area (Å²) in [5.41, 5.74) is 5.66. The highest BCUT2D eigenvalue weighted by molar-refractivity contribution is 14.0. The first kappa shape index (κ1) is 23.2. The second-order valence-corrected chi connectivity index (χ2v) is 7.87. The second-order valence-electron chi connectivity index (χ2n) is 7.87. The largest absolute Gasteiger partial charge is 0.444 e. The Bertz CT molecular complexity index is 421. The molecule has 1 saturated heterocycles. The minimum atomic E-state index is -0.464. The van der Waals surface area contributed by atoms with E-state index in [-0.39, 0.29) is 35.6 Å². The summed E-state index contributed by atoms with van der Waals surface area (Å²) in [7, 11) is 0. The van der Waals surface area contributed by atoms with Gasteiger partial charge < -0.3 is 25.6 Å². The normalized spacial score (nSPS) is 16.7. The van der Waals surface area contributed by atoms with Crippen LogP contribution < -0.4 is 11.1 Å². The summed E-state index contributed by atoms with van der Waals surface area (Å²) in [6.45, 7) is 16.0. The van der Waals surface area contributed by atoms with Crippen LogP contribution in [0.1, 0.15) is 41.5 Å². The second kappa shape index (κ2) is 9.65. The molecule has 1 rings (SSSR count). The lowest BCUT2D eigenvalue weighted by atomic mass is 10.1. The number of guanidine groups is 1. The number of aliphatic imine (C=N–C) groups is 1. The van der Waals surface area contributed by atoms with Gasteiger partial charge in [-0.1, -0.05) is 0 Å². The van der Waals surface area contributed by atoms with Gasteiger partial charge in [0.2, 0.25) is 0 Å². The fourth-order valence-corrected chi connectivity index (χ4v) is 2.15. The van der Waals surface area contributed by atoms with E-state index in [4.69, 9.17) is 10.5 Å². The van der Waals surface area contributed by atoms with Gasteiger partial charge in [0.15, 0.2) is 5.96 Å². The van der Waals surface area contributed by atoms with E-state index >= 15 is 0 Å². The summed E-state index contributed by atoms with van der Waals surface area (Å²) in [5, 5.41) is 3.37. The van der Waals surface area contributed by atoms with Crippen LogP contribution in [-0.4, -0.2) is 72.3 Å². The van der Waals surface area contributed by atoms with Crippen LogP contribution in [0.3, 0.4) is 0 Å². The average molecular weight is 455 g/mol. The Balaban J connectivity index is 0.00000529. The third-order valence-corrected chi connectivity index (χ3v) is 3.30. The van der Waals surface area contributed by atoms with E-state index in [0.717, 1.165) is 6.54 Å². The maximum absolute atomic E-state index is 12.0. The number of amides is 1. The zero-order valence-corrected chi connectivity index (χ0v) is 18.2. The minimum absolute atomic E-state index is 0. The van der Waals surface area contributed by atoms with Crippen LogP contribution in [0.2, 0.25) is 0 Å². The van der Waals surface area contributed by atoms with Crippen molar-refractivity contribution >= 4 is 36.0 Å². The molecule has 0 aliphatic carbocycles. The zero-order valence-electron chi connectivity index (χ0n) is 15.9. The van der Waals surface area contributed by atoms with Gasteiger partial charge in [0.25, 0.3) is 0 Å². The Hall–Kier alpha value is -0.770. The van der Waals surface area contributed by atoms with Crippen molar-refractivity contribution in [1.82, 2.24) is 15.1 Å². The van der Waals surface area contributed by atoms with Crippen LogP contribution in [-0.2, 0) is 4.74 Å². The molecule has 7 nitrogen and oxygen atoms in total. The van der Waals surface area contributed by atoms with E-state index in [1.165, 1.54) is 0 Å². The smallest absolute Gasteiger partial charge is 0.410 e. The first-order valence-electron chi connectivity index (χ1n) is 8.26. The number of carbonyl (C=O) groups is 1. The Labute approximate surface area is 163 Å². The lowest BCUT2D eigenvalue weighted by molar-refractivity contribution is 0.0186. The van der Waals surface area contributed by atoms with Crippen molar-refractivity contribution in [2.45, 2.75) is 52.7 Å². The van der Waals surface area contributed by atoms with E-state index in [2.05, 4.69) is 31.1 Å². The van der Waals surface area contributed by atoms with E-state index in [1.807, 2.05) is 25.7 Å². The molecule has 0 aromatic rings. The molecule has 0 radical (unpaired) electrons. The molecule has 1 fully saturated rings. The predicted octanol–water partition coefficient (Wildman–Crippen LogP) is 1.86. The highest BCUT2D eigenvalue weighted by Gasteiger charge is 2.26. The molecule has 0 saturated carbocycles. The van der Waals surface area contributed by atoms with Crippen LogP contribution >= 0.6 is 24.0 Å². The molecule has 0 aromatic carbocycles. The zero-order chi connectivity index (χ0) is 17.7. The third-order valence-electron chi connectivity index (χ3n) is 3.30. The molecule has 1 amide bonds. The van der Waals surface area contributed by atoms with Gasteiger partial charge in [-0.3, -0.25) is 4.99 Å². The van der Waals surface area contributed by atoms with Crippen LogP contribution in [0.4, 0.5) is 4.79 Å². The molecule has 1 aliphatic heterocycles. The quantitative estimate of drug-likeness (QED) is 0.294. The van der Waals surface area contributed by atoms with Gasteiger partial charge in [0.1, 0.15) is 5.60 Å². The third kappa shape index (κ3) is 9.51. The number of rotatable bonds is 3. The van der Waals surface area contributed by atoms with E-state index in [1.54, 1.807) is 4.90 Å². The van der Waals surface area contributed by atoms with E-state index in [9.17, 15) is 4.79 Å². The molecule has 0 aromatic heterocycles. The number of hydrogen-bond donors (Lipinski definition) is 2. The van der Waals surface area contributed by atoms with Gasteiger partial charge in [-0.15, -0.1) is 24.0 Å². The first-order chi connectivity index (χ1) is 10.5. The summed E-state index contributed by atoms with van der Waals surface area (Å²) in [4.78, 5) is 20.1. The summed E-state index contributed by atoms with van der Waals surface area (Å²) in [6.07, 6.45) is -0.262. The number of halogens is 1. The van der Waals surface area contributed by atoms with Gasteiger partial charge in [-0.25, -0.2) is 4.79 Å². The van der Waals surface area contributed by atoms with Gasteiger partial charge in [-0.05, 0) is 41.5 Å². The molecule has 1 heterocycles. The van der Waals surface area contributed by atoms with Crippen molar-refractivity contribution < 1.29 is 9.53 Å². The van der Waals surface area contributed by atoms with Crippen molar-refractivity contribution in [1.29, 1.82) is 0 Å². The number of nitrogens with one attached hydrogen (secondary N) is 1. The summed E-state index contributed by atoms with van der Waals surface area (Å²) >= 11 is 0. The molecule has 142 valence electrons. The van der Waals surface area contributed by atoms with Gasteiger partial charge in [0, 0.05) is 38.3 Å². The molecule has 3 N–H and O–H groups in total. The number of hydrogen-bond acceptors (Lipinski definition) is 4. The van der Waals surface area contributed by atoms with E-state index < -0.39 is 5.60 Å². The lowest BCUT2D eigenvalue weighted by Crippen LogP contribution is -2.53. The van der Waals surface area contributed by atoms with Crippen molar-refractivity contribution in [2.75, 3.05) is 39.3 Å². The predicted molar refractivity (Wildman–Crippen MR) is 109 cm³/mol. The topological polar surface area (TPSA) is 83.2 Å². The van der Waals surface area contributed by atoms with Gasteiger partial charge in [-0.2, -0.15) is 0 Å². The highest BCUT2D eigenvalue weighted by atomic mass is 127. The maximum Gasteiger partial charge on any atom is 0.410 e. The Morgan fingerprint density at radius 3 is 2.04 bits per heavy atom. The number of carbonyl (C=O) groups excluding carboxylic acids is 1. The van der Waals surface area contributed by atoms with Gasteiger partial charge >= 0.3 is 6.09 Å². The van der Waals surface area contributed by atoms with Crippen molar-refractivity contribution in [2.24, 2.45) is 10.7 Å². The van der Waals surface area contributed by atoms with Crippen molar-refractivity contribution in [3.63, 3.8) is 0 Å². The number of nitrogens with two attached hydrogens (primary N) is 1. The maximum atomic E-state index is 12.0.